The number of carbonyl (C=O) groups excluding carboxylic acids is 1. The number of carbonyl (C=O) groups is 1. The van der Waals surface area contributed by atoms with E-state index < -0.39 is 0 Å². The van der Waals surface area contributed by atoms with Crippen molar-refractivity contribution in [3.8, 4) is 10.7 Å². The molecule has 0 radical (unpaired) electrons. The van der Waals surface area contributed by atoms with Crippen molar-refractivity contribution in [3.63, 3.8) is 0 Å². The standard InChI is InChI=1S/C14H18N4O2S/c19-13(18-8-2-6-15-7-9-18)5-4-12-16-14(17-20-12)11-3-1-10-21-11/h1,3,10,15H,2,4-9H2. The number of nitrogens with one attached hydrogen (secondary N) is 1. The van der Waals surface area contributed by atoms with Gasteiger partial charge < -0.3 is 14.7 Å². The van der Waals surface area contributed by atoms with Crippen molar-refractivity contribution in [2.24, 2.45) is 0 Å². The summed E-state index contributed by atoms with van der Waals surface area (Å²) in [6, 6.07) is 3.90. The molecule has 1 aliphatic heterocycles. The smallest absolute Gasteiger partial charge is 0.227 e. The van der Waals surface area contributed by atoms with Gasteiger partial charge in [0.15, 0.2) is 0 Å². The first-order valence-electron chi connectivity index (χ1n) is 7.18. The fourth-order valence-corrected chi connectivity index (χ4v) is 2.98. The van der Waals surface area contributed by atoms with E-state index in [2.05, 4.69) is 15.5 Å². The van der Waals surface area contributed by atoms with Crippen molar-refractivity contribution < 1.29 is 9.32 Å². The third-order valence-electron chi connectivity index (χ3n) is 3.46. The summed E-state index contributed by atoms with van der Waals surface area (Å²) in [6.45, 7) is 3.46. The third kappa shape index (κ3) is 3.68. The van der Waals surface area contributed by atoms with Gasteiger partial charge in [0.05, 0.1) is 4.88 Å². The summed E-state index contributed by atoms with van der Waals surface area (Å²) in [7, 11) is 0. The highest BCUT2D eigenvalue weighted by atomic mass is 32.1. The van der Waals surface area contributed by atoms with Gasteiger partial charge in [0, 0.05) is 32.5 Å². The van der Waals surface area contributed by atoms with Crippen LogP contribution in [0.3, 0.4) is 0 Å². The zero-order valence-electron chi connectivity index (χ0n) is 11.7. The Bertz CT molecular complexity index is 574. The molecule has 3 rings (SSSR count). The molecule has 0 saturated carbocycles. The molecular weight excluding hydrogens is 288 g/mol. The first-order valence-corrected chi connectivity index (χ1v) is 8.06. The summed E-state index contributed by atoms with van der Waals surface area (Å²) < 4.78 is 5.21. The third-order valence-corrected chi connectivity index (χ3v) is 4.32. The number of hydrogen-bond acceptors (Lipinski definition) is 6. The number of thiophene rings is 1. The summed E-state index contributed by atoms with van der Waals surface area (Å²) in [5.41, 5.74) is 0. The molecule has 2 aromatic heterocycles. The van der Waals surface area contributed by atoms with Crippen molar-refractivity contribution in [2.75, 3.05) is 26.2 Å². The van der Waals surface area contributed by atoms with Gasteiger partial charge in [0.1, 0.15) is 0 Å². The number of rotatable bonds is 4. The van der Waals surface area contributed by atoms with Gasteiger partial charge >= 0.3 is 0 Å². The van der Waals surface area contributed by atoms with E-state index in [4.69, 9.17) is 4.52 Å². The predicted molar refractivity (Wildman–Crippen MR) is 80.0 cm³/mol. The average molecular weight is 306 g/mol. The molecule has 0 unspecified atom stereocenters. The fraction of sp³-hybridized carbons (Fsp3) is 0.500. The van der Waals surface area contributed by atoms with E-state index in [1.54, 1.807) is 11.3 Å². The molecule has 21 heavy (non-hydrogen) atoms. The van der Waals surface area contributed by atoms with Gasteiger partial charge in [-0.2, -0.15) is 4.98 Å². The first-order chi connectivity index (χ1) is 10.3. The fourth-order valence-electron chi connectivity index (χ4n) is 2.33. The summed E-state index contributed by atoms with van der Waals surface area (Å²) in [5.74, 6) is 1.29. The lowest BCUT2D eigenvalue weighted by molar-refractivity contribution is -0.131. The van der Waals surface area contributed by atoms with Crippen LogP contribution in [-0.4, -0.2) is 47.1 Å². The van der Waals surface area contributed by atoms with E-state index >= 15 is 0 Å². The molecule has 0 atom stereocenters. The van der Waals surface area contributed by atoms with Crippen LogP contribution >= 0.6 is 11.3 Å². The first kappa shape index (κ1) is 14.2. The van der Waals surface area contributed by atoms with Crippen LogP contribution in [0.15, 0.2) is 22.0 Å². The van der Waals surface area contributed by atoms with Gasteiger partial charge in [0.25, 0.3) is 0 Å². The second kappa shape index (κ2) is 6.82. The lowest BCUT2D eigenvalue weighted by atomic mass is 10.2. The van der Waals surface area contributed by atoms with E-state index in [-0.39, 0.29) is 5.91 Å². The molecule has 7 heteroatoms. The molecule has 0 spiro atoms. The lowest BCUT2D eigenvalue weighted by Crippen LogP contribution is -2.34. The highest BCUT2D eigenvalue weighted by molar-refractivity contribution is 7.13. The molecule has 1 saturated heterocycles. The topological polar surface area (TPSA) is 71.3 Å². The minimum atomic E-state index is 0.162. The summed E-state index contributed by atoms with van der Waals surface area (Å²) >= 11 is 1.57. The van der Waals surface area contributed by atoms with E-state index in [9.17, 15) is 4.79 Å². The van der Waals surface area contributed by atoms with Crippen LogP contribution in [0, 0.1) is 0 Å². The van der Waals surface area contributed by atoms with E-state index in [1.165, 1.54) is 0 Å². The Morgan fingerprint density at radius 3 is 3.24 bits per heavy atom. The van der Waals surface area contributed by atoms with Gasteiger partial charge in [0.2, 0.25) is 17.6 Å². The van der Waals surface area contributed by atoms with Crippen LogP contribution in [-0.2, 0) is 11.2 Å². The molecule has 6 nitrogen and oxygen atoms in total. The maximum Gasteiger partial charge on any atom is 0.227 e. The SMILES string of the molecule is O=C(CCc1nc(-c2cccs2)no1)N1CCCNCC1. The minimum absolute atomic E-state index is 0.162. The predicted octanol–water partition coefficient (Wildman–Crippen LogP) is 1.55. The Balaban J connectivity index is 1.54. The number of nitrogens with zero attached hydrogens (tertiary/aromatic N) is 3. The molecule has 1 amide bonds. The molecule has 0 aromatic carbocycles. The Morgan fingerprint density at radius 2 is 2.38 bits per heavy atom. The molecular formula is C14H18N4O2S. The quantitative estimate of drug-likeness (QED) is 0.928. The lowest BCUT2D eigenvalue weighted by Gasteiger charge is -2.19. The maximum atomic E-state index is 12.2. The summed E-state index contributed by atoms with van der Waals surface area (Å²) in [5, 5.41) is 9.22. The van der Waals surface area contributed by atoms with Crippen molar-refractivity contribution in [1.29, 1.82) is 0 Å². The highest BCUT2D eigenvalue weighted by Crippen LogP contribution is 2.21. The van der Waals surface area contributed by atoms with E-state index in [1.807, 2.05) is 22.4 Å². The van der Waals surface area contributed by atoms with Gasteiger partial charge in [-0.15, -0.1) is 11.3 Å². The van der Waals surface area contributed by atoms with Crippen molar-refractivity contribution in [2.45, 2.75) is 19.3 Å². The molecule has 112 valence electrons. The van der Waals surface area contributed by atoms with Gasteiger partial charge in [-0.05, 0) is 24.4 Å². The molecule has 3 heterocycles. The molecule has 1 N–H and O–H groups in total. The van der Waals surface area contributed by atoms with Crippen LogP contribution in [0.1, 0.15) is 18.7 Å². The minimum Gasteiger partial charge on any atom is -0.341 e. The summed E-state index contributed by atoms with van der Waals surface area (Å²) in [6.07, 6.45) is 1.93. The van der Waals surface area contributed by atoms with Gasteiger partial charge in [-0.3, -0.25) is 4.79 Å². The van der Waals surface area contributed by atoms with Crippen LogP contribution < -0.4 is 5.32 Å². The Morgan fingerprint density at radius 1 is 1.43 bits per heavy atom. The zero-order chi connectivity index (χ0) is 14.5. The molecule has 1 aliphatic rings. The number of aromatic nitrogens is 2. The van der Waals surface area contributed by atoms with Gasteiger partial charge in [-0.1, -0.05) is 11.2 Å². The van der Waals surface area contributed by atoms with Crippen LogP contribution in [0.4, 0.5) is 0 Å². The Hall–Kier alpha value is -1.73. The monoisotopic (exact) mass is 306 g/mol. The van der Waals surface area contributed by atoms with Crippen molar-refractivity contribution in [3.05, 3.63) is 23.4 Å². The number of amides is 1. The van der Waals surface area contributed by atoms with Crippen molar-refractivity contribution in [1.82, 2.24) is 20.4 Å². The van der Waals surface area contributed by atoms with Crippen molar-refractivity contribution >= 4 is 17.2 Å². The van der Waals surface area contributed by atoms with Crippen LogP contribution in [0.2, 0.25) is 0 Å². The normalized spacial score (nSPS) is 15.9. The van der Waals surface area contributed by atoms with Crippen LogP contribution in [0.5, 0.6) is 0 Å². The highest BCUT2D eigenvalue weighted by Gasteiger charge is 2.17. The number of hydrogen-bond donors (Lipinski definition) is 1. The second-order valence-electron chi connectivity index (χ2n) is 4.97. The number of aryl methyl sites for hydroxylation is 1. The Labute approximate surface area is 127 Å². The molecule has 2 aromatic rings. The maximum absolute atomic E-state index is 12.2. The van der Waals surface area contributed by atoms with E-state index in [0.29, 0.717) is 24.6 Å². The molecule has 1 fully saturated rings. The molecule has 0 aliphatic carbocycles. The van der Waals surface area contributed by atoms with Gasteiger partial charge in [-0.25, -0.2) is 0 Å². The summed E-state index contributed by atoms with van der Waals surface area (Å²) in [4.78, 5) is 19.4. The largest absolute Gasteiger partial charge is 0.341 e. The van der Waals surface area contributed by atoms with Crippen LogP contribution in [0.25, 0.3) is 10.7 Å². The second-order valence-corrected chi connectivity index (χ2v) is 5.92. The molecule has 0 bridgehead atoms. The average Bonchev–Trinajstić information content (AvgIpc) is 3.11. The zero-order valence-corrected chi connectivity index (χ0v) is 12.6. The Kier molecular flexibility index (Phi) is 4.62. The van der Waals surface area contributed by atoms with E-state index in [0.717, 1.165) is 37.5 Å².